The van der Waals surface area contributed by atoms with E-state index in [2.05, 4.69) is 26.0 Å². The van der Waals surface area contributed by atoms with Crippen LogP contribution in [-0.4, -0.2) is 48.8 Å². The van der Waals surface area contributed by atoms with E-state index in [1.165, 1.54) is 13.8 Å². The van der Waals surface area contributed by atoms with Gasteiger partial charge in [-0.3, -0.25) is 0 Å². The number of halogens is 1. The number of aliphatic hydroxyl groups is 2. The van der Waals surface area contributed by atoms with Gasteiger partial charge < -0.3 is 30.6 Å². The van der Waals surface area contributed by atoms with Crippen molar-refractivity contribution < 1.29 is 19.7 Å². The number of fused-ring (bicyclic) bond motifs is 1. The van der Waals surface area contributed by atoms with Crippen molar-refractivity contribution in [3.05, 3.63) is 17.0 Å². The third-order valence-electron chi connectivity index (χ3n) is 4.70. The Bertz CT molecular complexity index is 912. The highest BCUT2D eigenvalue weighted by Crippen LogP contribution is 2.38. The summed E-state index contributed by atoms with van der Waals surface area (Å²) in [4.78, 5) is 20.3. The Labute approximate surface area is 201 Å². The summed E-state index contributed by atoms with van der Waals surface area (Å²) in [7, 11) is 0. The molecule has 1 amide bonds. The van der Waals surface area contributed by atoms with Crippen molar-refractivity contribution in [2.24, 2.45) is 5.92 Å². The molecule has 2 aromatic rings. The largest absolute Gasteiger partial charge is 0.444 e. The van der Waals surface area contributed by atoms with Gasteiger partial charge in [0.25, 0.3) is 0 Å². The van der Waals surface area contributed by atoms with Gasteiger partial charge in [0.05, 0.1) is 5.39 Å². The van der Waals surface area contributed by atoms with E-state index in [0.29, 0.717) is 24.3 Å². The first-order valence-electron chi connectivity index (χ1n) is 11.4. The Hall–Kier alpha value is -2.10. The predicted octanol–water partition coefficient (Wildman–Crippen LogP) is 4.57. The summed E-state index contributed by atoms with van der Waals surface area (Å²) >= 11 is 6.00. The Balaban J connectivity index is 0.000000689. The maximum atomic E-state index is 11.8. The summed E-state index contributed by atoms with van der Waals surface area (Å²) in [5, 5.41) is 20.1. The number of carbonyl (C=O) groups is 1. The van der Waals surface area contributed by atoms with Crippen LogP contribution >= 0.6 is 11.6 Å². The molecule has 0 radical (unpaired) electrons. The first-order chi connectivity index (χ1) is 15.1. The maximum Gasteiger partial charge on any atom is 0.407 e. The van der Waals surface area contributed by atoms with E-state index in [9.17, 15) is 4.79 Å². The van der Waals surface area contributed by atoms with Crippen molar-refractivity contribution in [2.75, 3.05) is 12.3 Å². The molecule has 2 aromatic heterocycles. The molecule has 0 saturated heterocycles. The molecule has 188 valence electrons. The summed E-state index contributed by atoms with van der Waals surface area (Å²) in [6, 6.07) is 0.307. The molecule has 9 nitrogen and oxygen atoms in total. The fraction of sp³-hybridized carbons (Fsp3) is 0.696. The highest BCUT2D eigenvalue weighted by Gasteiger charge is 2.29. The van der Waals surface area contributed by atoms with E-state index in [0.717, 1.165) is 35.9 Å². The lowest BCUT2D eigenvalue weighted by atomic mass is 10.1. The molecule has 2 heterocycles. The third-order valence-corrected chi connectivity index (χ3v) is 4.87. The van der Waals surface area contributed by atoms with Crippen LogP contribution in [-0.2, 0) is 4.74 Å². The molecule has 0 aromatic carbocycles. The minimum atomic E-state index is -1.50. The van der Waals surface area contributed by atoms with E-state index in [-0.39, 0.29) is 11.4 Å². The third kappa shape index (κ3) is 9.73. The lowest BCUT2D eigenvalue weighted by molar-refractivity contribution is -0.127. The van der Waals surface area contributed by atoms with Crippen LogP contribution in [0.5, 0.6) is 0 Å². The zero-order chi connectivity index (χ0) is 25.6. The minimum absolute atomic E-state index is 0.162. The van der Waals surface area contributed by atoms with Gasteiger partial charge in [-0.25, -0.2) is 9.78 Å². The van der Waals surface area contributed by atoms with Crippen LogP contribution in [0.25, 0.3) is 11.0 Å². The van der Waals surface area contributed by atoms with Crippen LogP contribution in [0.4, 0.5) is 10.6 Å². The van der Waals surface area contributed by atoms with Crippen LogP contribution in [0, 0.1) is 12.8 Å². The molecule has 2 atom stereocenters. The number of nitrogens with two attached hydrogens (primary N) is 1. The molecule has 33 heavy (non-hydrogen) atoms. The van der Waals surface area contributed by atoms with E-state index in [4.69, 9.17) is 32.3 Å². The number of aromatic nitrogens is 3. The number of aryl methyl sites for hydroxylation is 1. The predicted molar refractivity (Wildman–Crippen MR) is 132 cm³/mol. The van der Waals surface area contributed by atoms with E-state index < -0.39 is 11.4 Å². The van der Waals surface area contributed by atoms with Gasteiger partial charge in [0.2, 0.25) is 5.28 Å². The van der Waals surface area contributed by atoms with E-state index in [1.54, 1.807) is 0 Å². The summed E-state index contributed by atoms with van der Waals surface area (Å²) in [5.41, 5.74) is 7.36. The van der Waals surface area contributed by atoms with Gasteiger partial charge in [0.1, 0.15) is 17.1 Å². The van der Waals surface area contributed by atoms with E-state index in [1.807, 2.05) is 41.5 Å². The van der Waals surface area contributed by atoms with Crippen LogP contribution in [0.2, 0.25) is 5.28 Å². The summed E-state index contributed by atoms with van der Waals surface area (Å²) in [5.74, 6) is -0.683. The Morgan fingerprint density at radius 3 is 2.36 bits per heavy atom. The number of rotatable bonds is 3. The lowest BCUT2D eigenvalue weighted by Crippen LogP contribution is -2.34. The van der Waals surface area contributed by atoms with Crippen molar-refractivity contribution in [1.82, 2.24) is 19.9 Å². The number of nitrogens with one attached hydrogen (secondary N) is 1. The molecule has 2 unspecified atom stereocenters. The van der Waals surface area contributed by atoms with Crippen LogP contribution in [0.1, 0.15) is 79.3 Å². The van der Waals surface area contributed by atoms with Gasteiger partial charge in [0.15, 0.2) is 5.79 Å². The van der Waals surface area contributed by atoms with Crippen molar-refractivity contribution in [1.29, 1.82) is 0 Å². The molecule has 3 rings (SSSR count). The number of hydrogen-bond donors (Lipinski definition) is 4. The molecule has 1 aliphatic rings. The maximum absolute atomic E-state index is 11.8. The molecular weight excluding hydrogens is 446 g/mol. The second-order valence-electron chi connectivity index (χ2n) is 9.51. The molecule has 5 N–H and O–H groups in total. The number of ether oxygens (including phenoxy) is 1. The molecule has 10 heteroatoms. The quantitative estimate of drug-likeness (QED) is 0.369. The highest BCUT2D eigenvalue weighted by atomic mass is 35.5. The lowest BCUT2D eigenvalue weighted by Gasteiger charge is -2.20. The van der Waals surface area contributed by atoms with Gasteiger partial charge in [-0.15, -0.1) is 0 Å². The summed E-state index contributed by atoms with van der Waals surface area (Å²) in [6.07, 6.45) is 4.72. The average Bonchev–Trinajstić information content (AvgIpc) is 3.23. The Morgan fingerprint density at radius 2 is 1.82 bits per heavy atom. The van der Waals surface area contributed by atoms with Crippen molar-refractivity contribution in [3.8, 4) is 0 Å². The van der Waals surface area contributed by atoms with Crippen LogP contribution in [0.15, 0.2) is 6.20 Å². The van der Waals surface area contributed by atoms with E-state index >= 15 is 0 Å². The number of amides is 1. The molecule has 0 bridgehead atoms. The van der Waals surface area contributed by atoms with Crippen LogP contribution < -0.4 is 11.1 Å². The number of carbonyl (C=O) groups excluding carboxylic acids is 1. The molecule has 1 saturated carbocycles. The Kier molecular flexibility index (Phi) is 10.4. The fourth-order valence-corrected chi connectivity index (χ4v) is 3.82. The number of hydrogen-bond acceptors (Lipinski definition) is 7. The van der Waals surface area contributed by atoms with Gasteiger partial charge >= 0.3 is 6.09 Å². The average molecular weight is 486 g/mol. The molecule has 0 spiro atoms. The summed E-state index contributed by atoms with van der Waals surface area (Å²) < 4.78 is 7.45. The van der Waals surface area contributed by atoms with Crippen molar-refractivity contribution in [2.45, 2.75) is 92.1 Å². The monoisotopic (exact) mass is 485 g/mol. The zero-order valence-corrected chi connectivity index (χ0v) is 21.8. The van der Waals surface area contributed by atoms with Gasteiger partial charge in [-0.05, 0) is 83.9 Å². The summed E-state index contributed by atoms with van der Waals surface area (Å²) in [6.45, 7) is 14.8. The molecular formula is C23H40ClN5O4. The minimum Gasteiger partial charge on any atom is -0.444 e. The molecule has 0 aliphatic heterocycles. The Morgan fingerprint density at radius 1 is 1.24 bits per heavy atom. The number of alkyl carbamates (subject to hydrolysis) is 1. The molecule has 1 fully saturated rings. The second-order valence-corrected chi connectivity index (χ2v) is 9.84. The number of anilines is 1. The standard InChI is InChI=1S/C18H26ClN5O2.C3H8O2.C2H6/c1-10-9-24(15-13(10)14(20)22-16(19)23-15)12-6-5-11(7-12)8-21-17(25)26-18(2,3)4;1-3(2,4)5;1-2/h9,11-12H,5-8H2,1-4H3,(H,21,25)(H2,20,22,23);4-5H,1-2H3;1-2H3. The number of nitrogen functional groups attached to an aromatic ring is 1. The molecule has 1 aliphatic carbocycles. The fourth-order valence-electron chi connectivity index (χ4n) is 3.64. The van der Waals surface area contributed by atoms with Gasteiger partial charge in [-0.2, -0.15) is 4.98 Å². The highest BCUT2D eigenvalue weighted by molar-refractivity contribution is 6.28. The van der Waals surface area contributed by atoms with Crippen LogP contribution in [0.3, 0.4) is 0 Å². The number of nitrogens with zero attached hydrogens (tertiary/aromatic N) is 3. The van der Waals surface area contributed by atoms with Crippen molar-refractivity contribution in [3.63, 3.8) is 0 Å². The first-order valence-corrected chi connectivity index (χ1v) is 11.7. The topological polar surface area (TPSA) is 136 Å². The first kappa shape index (κ1) is 28.9. The zero-order valence-electron chi connectivity index (χ0n) is 21.1. The SMILES string of the molecule is CC.CC(C)(O)O.Cc1cn(C2CCC(CNC(=O)OC(C)(C)C)C2)c2nc(Cl)nc(N)c12. The second kappa shape index (κ2) is 11.9. The van der Waals surface area contributed by atoms with Gasteiger partial charge in [-0.1, -0.05) is 13.8 Å². The smallest absolute Gasteiger partial charge is 0.407 e. The normalized spacial score (nSPS) is 18.2. The van der Waals surface area contributed by atoms with Crippen molar-refractivity contribution >= 4 is 34.5 Å². The van der Waals surface area contributed by atoms with Gasteiger partial charge in [0, 0.05) is 18.8 Å².